The smallest absolute Gasteiger partial charge is 0.0939 e. The van der Waals surface area contributed by atoms with E-state index in [-0.39, 0.29) is 0 Å². The monoisotopic (exact) mass is 168 g/mol. The molecule has 0 aromatic heterocycles. The SMILES string of the molecule is CC1CCC(=C(O)C(C)C)CC1. The first-order valence-corrected chi connectivity index (χ1v) is 5.02. The van der Waals surface area contributed by atoms with Crippen LogP contribution in [0.5, 0.6) is 0 Å². The second kappa shape index (κ2) is 3.97. The molecule has 1 nitrogen and oxygen atoms in total. The van der Waals surface area contributed by atoms with E-state index in [0.717, 1.165) is 18.8 Å². The van der Waals surface area contributed by atoms with Gasteiger partial charge in [0, 0.05) is 5.92 Å². The predicted octanol–water partition coefficient (Wildman–Crippen LogP) is 3.66. The molecule has 0 bridgehead atoms. The first-order valence-electron chi connectivity index (χ1n) is 5.02. The zero-order valence-corrected chi connectivity index (χ0v) is 8.43. The van der Waals surface area contributed by atoms with Crippen LogP contribution in [0.4, 0.5) is 0 Å². The van der Waals surface area contributed by atoms with E-state index in [4.69, 9.17) is 0 Å². The summed E-state index contributed by atoms with van der Waals surface area (Å²) in [6.07, 6.45) is 4.74. The molecule has 0 atom stereocenters. The third-order valence-electron chi connectivity index (χ3n) is 2.79. The van der Waals surface area contributed by atoms with E-state index in [0.29, 0.717) is 11.7 Å². The average molecular weight is 168 g/mol. The largest absolute Gasteiger partial charge is 0.512 e. The zero-order valence-electron chi connectivity index (χ0n) is 8.43. The van der Waals surface area contributed by atoms with Gasteiger partial charge in [-0.15, -0.1) is 0 Å². The van der Waals surface area contributed by atoms with Crippen LogP contribution in [-0.2, 0) is 0 Å². The highest BCUT2D eigenvalue weighted by Gasteiger charge is 2.16. The molecule has 0 aromatic carbocycles. The Morgan fingerprint density at radius 3 is 2.25 bits per heavy atom. The van der Waals surface area contributed by atoms with Crippen LogP contribution in [0.25, 0.3) is 0 Å². The van der Waals surface area contributed by atoms with E-state index in [1.165, 1.54) is 18.4 Å². The Bertz CT molecular complexity index is 169. The van der Waals surface area contributed by atoms with Gasteiger partial charge in [-0.25, -0.2) is 0 Å². The van der Waals surface area contributed by atoms with Crippen molar-refractivity contribution >= 4 is 0 Å². The van der Waals surface area contributed by atoms with Crippen molar-refractivity contribution in [3.63, 3.8) is 0 Å². The van der Waals surface area contributed by atoms with E-state index < -0.39 is 0 Å². The van der Waals surface area contributed by atoms with E-state index in [1.807, 2.05) is 0 Å². The third kappa shape index (κ3) is 2.26. The molecule has 1 rings (SSSR count). The molecule has 1 saturated carbocycles. The van der Waals surface area contributed by atoms with Crippen LogP contribution in [0.3, 0.4) is 0 Å². The topological polar surface area (TPSA) is 20.2 Å². The van der Waals surface area contributed by atoms with Crippen LogP contribution >= 0.6 is 0 Å². The minimum absolute atomic E-state index is 0.313. The van der Waals surface area contributed by atoms with Gasteiger partial charge in [-0.05, 0) is 37.2 Å². The summed E-state index contributed by atoms with van der Waals surface area (Å²) in [5.41, 5.74) is 1.31. The molecule has 12 heavy (non-hydrogen) atoms. The highest BCUT2D eigenvalue weighted by atomic mass is 16.3. The fraction of sp³-hybridized carbons (Fsp3) is 0.818. The molecule has 1 aliphatic rings. The van der Waals surface area contributed by atoms with Gasteiger partial charge in [0.2, 0.25) is 0 Å². The number of hydrogen-bond donors (Lipinski definition) is 1. The molecule has 1 fully saturated rings. The van der Waals surface area contributed by atoms with Gasteiger partial charge in [0.15, 0.2) is 0 Å². The minimum Gasteiger partial charge on any atom is -0.512 e. The standard InChI is InChI=1S/C11H20O/c1-8(2)11(12)10-6-4-9(3)5-7-10/h8-9,12H,4-7H2,1-3H3. The van der Waals surface area contributed by atoms with Crippen molar-refractivity contribution in [2.75, 3.05) is 0 Å². The van der Waals surface area contributed by atoms with Gasteiger partial charge in [-0.1, -0.05) is 20.8 Å². The second-order valence-corrected chi connectivity index (χ2v) is 4.33. The molecule has 0 radical (unpaired) electrons. The normalized spacial score (nSPS) is 24.7. The predicted molar refractivity (Wildman–Crippen MR) is 52.1 cm³/mol. The molecular weight excluding hydrogens is 148 g/mol. The van der Waals surface area contributed by atoms with Crippen molar-refractivity contribution in [2.45, 2.75) is 46.5 Å². The molecule has 1 heteroatoms. The molecule has 0 aliphatic heterocycles. The maximum Gasteiger partial charge on any atom is 0.0939 e. The minimum atomic E-state index is 0.313. The Hall–Kier alpha value is -0.460. The van der Waals surface area contributed by atoms with Gasteiger partial charge in [-0.3, -0.25) is 0 Å². The van der Waals surface area contributed by atoms with Crippen LogP contribution < -0.4 is 0 Å². The Labute approximate surface area is 75.5 Å². The Kier molecular flexibility index (Phi) is 3.19. The van der Waals surface area contributed by atoms with Crippen molar-refractivity contribution in [2.24, 2.45) is 11.8 Å². The van der Waals surface area contributed by atoms with E-state index in [9.17, 15) is 5.11 Å². The lowest BCUT2D eigenvalue weighted by molar-refractivity contribution is 0.325. The van der Waals surface area contributed by atoms with Gasteiger partial charge >= 0.3 is 0 Å². The highest BCUT2D eigenvalue weighted by molar-refractivity contribution is 5.11. The first-order chi connectivity index (χ1) is 5.61. The van der Waals surface area contributed by atoms with Crippen molar-refractivity contribution in [1.29, 1.82) is 0 Å². The van der Waals surface area contributed by atoms with Crippen LogP contribution in [0.15, 0.2) is 11.3 Å². The Morgan fingerprint density at radius 1 is 1.33 bits per heavy atom. The highest BCUT2D eigenvalue weighted by Crippen LogP contribution is 2.30. The lowest BCUT2D eigenvalue weighted by Gasteiger charge is -2.22. The number of rotatable bonds is 1. The molecule has 1 aliphatic carbocycles. The third-order valence-corrected chi connectivity index (χ3v) is 2.79. The van der Waals surface area contributed by atoms with E-state index in [2.05, 4.69) is 20.8 Å². The summed E-state index contributed by atoms with van der Waals surface area (Å²) < 4.78 is 0. The molecule has 0 spiro atoms. The molecule has 1 N–H and O–H groups in total. The summed E-state index contributed by atoms with van der Waals surface area (Å²) in [6, 6.07) is 0. The molecule has 0 saturated heterocycles. The van der Waals surface area contributed by atoms with Gasteiger partial charge in [0.25, 0.3) is 0 Å². The number of allylic oxidation sites excluding steroid dienone is 2. The van der Waals surface area contributed by atoms with Gasteiger partial charge in [-0.2, -0.15) is 0 Å². The summed E-state index contributed by atoms with van der Waals surface area (Å²) in [5.74, 6) is 1.82. The first kappa shape index (κ1) is 9.63. The van der Waals surface area contributed by atoms with Gasteiger partial charge in [0.1, 0.15) is 0 Å². The molecule has 0 heterocycles. The molecule has 70 valence electrons. The van der Waals surface area contributed by atoms with Crippen molar-refractivity contribution in [1.82, 2.24) is 0 Å². The molecule has 0 unspecified atom stereocenters. The molecule has 0 aromatic rings. The number of aliphatic hydroxyl groups excluding tert-OH is 1. The van der Waals surface area contributed by atoms with Gasteiger partial charge in [0.05, 0.1) is 5.76 Å². The van der Waals surface area contributed by atoms with E-state index in [1.54, 1.807) is 0 Å². The van der Waals surface area contributed by atoms with Crippen molar-refractivity contribution in [3.05, 3.63) is 11.3 Å². The van der Waals surface area contributed by atoms with Crippen LogP contribution in [0.2, 0.25) is 0 Å². The quantitative estimate of drug-likeness (QED) is 0.592. The maximum absolute atomic E-state index is 9.72. The zero-order chi connectivity index (χ0) is 9.14. The lowest BCUT2D eigenvalue weighted by atomic mass is 9.85. The summed E-state index contributed by atoms with van der Waals surface area (Å²) >= 11 is 0. The fourth-order valence-corrected chi connectivity index (χ4v) is 1.77. The Balaban J connectivity index is 2.58. The van der Waals surface area contributed by atoms with Crippen LogP contribution in [0.1, 0.15) is 46.5 Å². The van der Waals surface area contributed by atoms with Crippen LogP contribution in [-0.4, -0.2) is 5.11 Å². The number of hydrogen-bond acceptors (Lipinski definition) is 1. The van der Waals surface area contributed by atoms with Crippen molar-refractivity contribution < 1.29 is 5.11 Å². The van der Waals surface area contributed by atoms with E-state index >= 15 is 0 Å². The summed E-state index contributed by atoms with van der Waals surface area (Å²) in [7, 11) is 0. The van der Waals surface area contributed by atoms with Crippen molar-refractivity contribution in [3.8, 4) is 0 Å². The Morgan fingerprint density at radius 2 is 1.83 bits per heavy atom. The van der Waals surface area contributed by atoms with Gasteiger partial charge < -0.3 is 5.11 Å². The summed E-state index contributed by atoms with van der Waals surface area (Å²) in [4.78, 5) is 0. The molecule has 0 amide bonds. The maximum atomic E-state index is 9.72. The number of aliphatic hydroxyl groups is 1. The lowest BCUT2D eigenvalue weighted by Crippen LogP contribution is -2.08. The molecular formula is C11H20O. The van der Waals surface area contributed by atoms with Crippen LogP contribution in [0, 0.1) is 11.8 Å². The summed E-state index contributed by atoms with van der Waals surface area (Å²) in [5, 5.41) is 9.72. The summed E-state index contributed by atoms with van der Waals surface area (Å²) in [6.45, 7) is 6.41. The second-order valence-electron chi connectivity index (χ2n) is 4.33. The fourth-order valence-electron chi connectivity index (χ4n) is 1.77. The average Bonchev–Trinajstić information content (AvgIpc) is 2.04.